The predicted molar refractivity (Wildman–Crippen MR) is 65.1 cm³/mol. The number of hydrogen-bond acceptors (Lipinski definition) is 3. The lowest BCUT2D eigenvalue weighted by Crippen LogP contribution is -2.11. The van der Waals surface area contributed by atoms with Crippen LogP contribution in [-0.4, -0.2) is 16.6 Å². The molecule has 0 saturated heterocycles. The van der Waals surface area contributed by atoms with Crippen molar-refractivity contribution in [3.8, 4) is 5.75 Å². The van der Waals surface area contributed by atoms with Crippen molar-refractivity contribution in [1.29, 1.82) is 0 Å². The standard InChI is InChI=1S/C11H16N2OS/c1-2-3-4-7-14-9-5-6-13-10(8-9)11(12)15/h5-6,8H,2-4,7H2,1H3,(H2,12,15). The van der Waals surface area contributed by atoms with Crippen LogP contribution in [0, 0.1) is 0 Å². The lowest BCUT2D eigenvalue weighted by atomic mass is 10.3. The average Bonchev–Trinajstić information content (AvgIpc) is 2.25. The maximum absolute atomic E-state index is 5.54. The number of pyridine rings is 1. The van der Waals surface area contributed by atoms with Gasteiger partial charge in [-0.15, -0.1) is 0 Å². The molecule has 3 nitrogen and oxygen atoms in total. The third-order valence-electron chi connectivity index (χ3n) is 2.00. The van der Waals surface area contributed by atoms with Gasteiger partial charge in [0, 0.05) is 12.3 Å². The molecule has 0 radical (unpaired) electrons. The maximum atomic E-state index is 5.54. The number of nitrogens with two attached hydrogens (primary N) is 1. The molecule has 82 valence electrons. The number of nitrogens with zero attached hydrogens (tertiary/aromatic N) is 1. The van der Waals surface area contributed by atoms with Crippen LogP contribution >= 0.6 is 12.2 Å². The van der Waals surface area contributed by atoms with E-state index in [0.29, 0.717) is 10.7 Å². The van der Waals surface area contributed by atoms with Gasteiger partial charge in [-0.25, -0.2) is 0 Å². The normalized spacial score (nSPS) is 9.93. The molecule has 0 aromatic carbocycles. The molecule has 1 heterocycles. The van der Waals surface area contributed by atoms with Crippen LogP contribution in [0.1, 0.15) is 31.9 Å². The van der Waals surface area contributed by atoms with Crippen molar-refractivity contribution in [2.75, 3.05) is 6.61 Å². The number of hydrogen-bond donors (Lipinski definition) is 1. The predicted octanol–water partition coefficient (Wildman–Crippen LogP) is 2.28. The summed E-state index contributed by atoms with van der Waals surface area (Å²) in [5, 5.41) is 0. The molecule has 0 unspecified atom stereocenters. The van der Waals surface area contributed by atoms with Gasteiger partial charge in [0.05, 0.1) is 6.61 Å². The molecule has 0 aliphatic heterocycles. The molecule has 0 fully saturated rings. The second kappa shape index (κ2) is 6.35. The quantitative estimate of drug-likeness (QED) is 0.595. The molecule has 0 aliphatic carbocycles. The second-order valence-corrected chi connectivity index (χ2v) is 3.74. The van der Waals surface area contributed by atoms with Crippen molar-refractivity contribution in [1.82, 2.24) is 4.98 Å². The maximum Gasteiger partial charge on any atom is 0.123 e. The first-order valence-electron chi connectivity index (χ1n) is 5.12. The highest BCUT2D eigenvalue weighted by Gasteiger charge is 2.00. The average molecular weight is 224 g/mol. The van der Waals surface area contributed by atoms with E-state index in [1.54, 1.807) is 12.3 Å². The summed E-state index contributed by atoms with van der Waals surface area (Å²) in [5.41, 5.74) is 6.08. The zero-order valence-electron chi connectivity index (χ0n) is 8.90. The van der Waals surface area contributed by atoms with Crippen LogP contribution in [0.4, 0.5) is 0 Å². The molecule has 1 aromatic rings. The number of thiocarbonyl (C=S) groups is 1. The Hall–Kier alpha value is -1.16. The summed E-state index contributed by atoms with van der Waals surface area (Å²) in [7, 11) is 0. The topological polar surface area (TPSA) is 48.1 Å². The summed E-state index contributed by atoms with van der Waals surface area (Å²) >= 11 is 4.84. The third kappa shape index (κ3) is 4.25. The summed E-state index contributed by atoms with van der Waals surface area (Å²) in [6.07, 6.45) is 5.11. The van der Waals surface area contributed by atoms with Crippen LogP contribution < -0.4 is 10.5 Å². The molecule has 0 atom stereocenters. The highest BCUT2D eigenvalue weighted by Crippen LogP contribution is 2.11. The minimum absolute atomic E-state index is 0.300. The van der Waals surface area contributed by atoms with Crippen LogP contribution in [0.25, 0.3) is 0 Å². The van der Waals surface area contributed by atoms with Gasteiger partial charge in [0.1, 0.15) is 16.4 Å². The highest BCUT2D eigenvalue weighted by atomic mass is 32.1. The SMILES string of the molecule is CCCCCOc1ccnc(C(N)=S)c1. The molecule has 0 aliphatic rings. The first-order valence-corrected chi connectivity index (χ1v) is 5.53. The van der Waals surface area contributed by atoms with Crippen molar-refractivity contribution in [2.45, 2.75) is 26.2 Å². The van der Waals surface area contributed by atoms with E-state index in [4.69, 9.17) is 22.7 Å². The van der Waals surface area contributed by atoms with E-state index in [2.05, 4.69) is 11.9 Å². The summed E-state index contributed by atoms with van der Waals surface area (Å²) in [4.78, 5) is 4.34. The molecule has 4 heteroatoms. The molecule has 0 bridgehead atoms. The number of rotatable bonds is 6. The molecule has 2 N–H and O–H groups in total. The van der Waals surface area contributed by atoms with Gasteiger partial charge < -0.3 is 10.5 Å². The Kier molecular flexibility index (Phi) is 5.04. The van der Waals surface area contributed by atoms with Crippen LogP contribution in [-0.2, 0) is 0 Å². The van der Waals surface area contributed by atoms with E-state index in [9.17, 15) is 0 Å². The third-order valence-corrected chi connectivity index (χ3v) is 2.21. The van der Waals surface area contributed by atoms with Gasteiger partial charge >= 0.3 is 0 Å². The van der Waals surface area contributed by atoms with Gasteiger partial charge in [-0.05, 0) is 12.5 Å². The van der Waals surface area contributed by atoms with Crippen LogP contribution in [0.3, 0.4) is 0 Å². The molecule has 15 heavy (non-hydrogen) atoms. The first-order chi connectivity index (χ1) is 7.24. The van der Waals surface area contributed by atoms with E-state index in [0.717, 1.165) is 18.8 Å². The monoisotopic (exact) mass is 224 g/mol. The Morgan fingerprint density at radius 3 is 3.00 bits per heavy atom. The van der Waals surface area contributed by atoms with Crippen molar-refractivity contribution in [3.63, 3.8) is 0 Å². The first kappa shape index (κ1) is 11.9. The van der Waals surface area contributed by atoms with E-state index in [1.807, 2.05) is 6.07 Å². The molecule has 0 saturated carbocycles. The van der Waals surface area contributed by atoms with Crippen molar-refractivity contribution in [3.05, 3.63) is 24.0 Å². The Bertz CT molecular complexity index is 328. The number of ether oxygens (including phenoxy) is 1. The number of unbranched alkanes of at least 4 members (excludes halogenated alkanes) is 2. The minimum Gasteiger partial charge on any atom is -0.493 e. The molecule has 1 aromatic heterocycles. The van der Waals surface area contributed by atoms with Gasteiger partial charge in [-0.1, -0.05) is 32.0 Å². The smallest absolute Gasteiger partial charge is 0.123 e. The van der Waals surface area contributed by atoms with Gasteiger partial charge in [-0.3, -0.25) is 4.98 Å². The van der Waals surface area contributed by atoms with Crippen LogP contribution in [0.5, 0.6) is 5.75 Å². The summed E-state index contributed by atoms with van der Waals surface area (Å²) in [6, 6.07) is 3.59. The van der Waals surface area contributed by atoms with Crippen molar-refractivity contribution in [2.24, 2.45) is 5.73 Å². The Morgan fingerprint density at radius 2 is 2.33 bits per heavy atom. The van der Waals surface area contributed by atoms with Crippen LogP contribution in [0.15, 0.2) is 18.3 Å². The van der Waals surface area contributed by atoms with E-state index in [1.165, 1.54) is 12.8 Å². The highest BCUT2D eigenvalue weighted by molar-refractivity contribution is 7.80. The fraction of sp³-hybridized carbons (Fsp3) is 0.455. The zero-order chi connectivity index (χ0) is 11.1. The lowest BCUT2D eigenvalue weighted by molar-refractivity contribution is 0.306. The Balaban J connectivity index is 2.47. The van der Waals surface area contributed by atoms with Gasteiger partial charge in [0.2, 0.25) is 0 Å². The van der Waals surface area contributed by atoms with E-state index < -0.39 is 0 Å². The van der Waals surface area contributed by atoms with Crippen molar-refractivity contribution >= 4 is 17.2 Å². The second-order valence-electron chi connectivity index (χ2n) is 3.30. The Labute approximate surface area is 95.7 Å². The molecular formula is C11H16N2OS. The summed E-state index contributed by atoms with van der Waals surface area (Å²) in [6.45, 7) is 2.89. The molecule has 1 rings (SSSR count). The summed E-state index contributed by atoms with van der Waals surface area (Å²) < 4.78 is 5.54. The minimum atomic E-state index is 0.300. The van der Waals surface area contributed by atoms with E-state index >= 15 is 0 Å². The fourth-order valence-corrected chi connectivity index (χ4v) is 1.29. The molecular weight excluding hydrogens is 208 g/mol. The lowest BCUT2D eigenvalue weighted by Gasteiger charge is -2.06. The molecule has 0 spiro atoms. The van der Waals surface area contributed by atoms with Gasteiger partial charge in [-0.2, -0.15) is 0 Å². The number of aromatic nitrogens is 1. The Morgan fingerprint density at radius 1 is 1.53 bits per heavy atom. The fourth-order valence-electron chi connectivity index (χ4n) is 1.18. The van der Waals surface area contributed by atoms with Crippen LogP contribution in [0.2, 0.25) is 0 Å². The van der Waals surface area contributed by atoms with Crippen molar-refractivity contribution < 1.29 is 4.74 Å². The zero-order valence-corrected chi connectivity index (χ0v) is 9.72. The van der Waals surface area contributed by atoms with E-state index in [-0.39, 0.29) is 0 Å². The molecule has 0 amide bonds. The largest absolute Gasteiger partial charge is 0.493 e. The summed E-state index contributed by atoms with van der Waals surface area (Å²) in [5.74, 6) is 0.781. The van der Waals surface area contributed by atoms with Gasteiger partial charge in [0.25, 0.3) is 0 Å². The van der Waals surface area contributed by atoms with Gasteiger partial charge in [0.15, 0.2) is 0 Å².